The number of aromatic nitrogens is 1. The van der Waals surface area contributed by atoms with Gasteiger partial charge < -0.3 is 42.3 Å². The number of furan rings is 3. The van der Waals surface area contributed by atoms with Crippen molar-refractivity contribution in [3.8, 4) is 72.4 Å². The summed E-state index contributed by atoms with van der Waals surface area (Å²) < 4.78 is 23.3. The predicted octanol–water partition coefficient (Wildman–Crippen LogP) is 37.8. The molecule has 9 heteroatoms. The molecule has 0 unspecified atom stereocenters. The fourth-order valence-electron chi connectivity index (χ4n) is 20.8. The van der Waals surface area contributed by atoms with Crippen molar-refractivity contribution in [1.29, 1.82) is 0 Å². The minimum absolute atomic E-state index is 0.803. The Hall–Kier alpha value is -19.0. The summed E-state index contributed by atoms with van der Waals surface area (Å²) in [5.41, 5.74) is 36.9. The van der Waals surface area contributed by atoms with Crippen LogP contribution < -0.4 is 24.5 Å². The second kappa shape index (κ2) is 35.4. The van der Waals surface area contributed by atoms with Crippen LogP contribution in [0.2, 0.25) is 0 Å². The molecule has 141 heavy (non-hydrogen) atoms. The number of hydrogen-bond acceptors (Lipinski definition) is 8. The molecule has 664 valence electrons. The van der Waals surface area contributed by atoms with Crippen LogP contribution in [0.4, 0.5) is 85.3 Å². The molecule has 9 nitrogen and oxygen atoms in total. The van der Waals surface area contributed by atoms with Gasteiger partial charge in [0.1, 0.15) is 22.3 Å². The lowest BCUT2D eigenvalue weighted by molar-refractivity contribution is 0.668. The van der Waals surface area contributed by atoms with Crippen LogP contribution >= 0.6 is 0 Å². The fourth-order valence-corrected chi connectivity index (χ4v) is 20.8. The van der Waals surface area contributed by atoms with Gasteiger partial charge >= 0.3 is 0 Å². The van der Waals surface area contributed by atoms with Crippen LogP contribution in [-0.2, 0) is 0 Å². The number of anilines is 15. The fraction of sp³-hybridized carbons (Fsp3) is 0. The van der Waals surface area contributed by atoms with Gasteiger partial charge in [-0.1, -0.05) is 303 Å². The third-order valence-electron chi connectivity index (χ3n) is 27.5. The molecule has 0 radical (unpaired) electrons. The molecule has 0 bridgehead atoms. The lowest BCUT2D eigenvalue weighted by Crippen LogP contribution is -2.10. The van der Waals surface area contributed by atoms with Crippen LogP contribution in [0.15, 0.2) is 547 Å². The molecule has 0 aliphatic heterocycles. The first kappa shape index (κ1) is 82.7. The lowest BCUT2D eigenvalue weighted by atomic mass is 9.99. The molecule has 4 heterocycles. The highest BCUT2D eigenvalue weighted by molar-refractivity contribution is 6.15. The topological polar surface area (TPSA) is 60.6 Å². The summed E-state index contributed by atoms with van der Waals surface area (Å²) in [6, 6.07) is 191. The van der Waals surface area contributed by atoms with Gasteiger partial charge in [-0.25, -0.2) is 0 Å². The Morgan fingerprint density at radius 2 is 0.411 bits per heavy atom. The molecular weight excluding hydrogens is 1720 g/mol. The van der Waals surface area contributed by atoms with E-state index in [0.29, 0.717) is 0 Å². The third-order valence-corrected chi connectivity index (χ3v) is 27.5. The quantitative estimate of drug-likeness (QED) is 0.0665. The maximum absolute atomic E-state index is 7.09. The van der Waals surface area contributed by atoms with Gasteiger partial charge in [-0.15, -0.1) is 0 Å². The molecule has 0 fully saturated rings. The summed E-state index contributed by atoms with van der Waals surface area (Å²) in [7, 11) is 0. The Labute approximate surface area is 815 Å². The van der Waals surface area contributed by atoms with Crippen molar-refractivity contribution < 1.29 is 13.3 Å². The first-order chi connectivity index (χ1) is 69.9. The number of fused-ring (bicyclic) bond motifs is 12. The maximum atomic E-state index is 7.09. The van der Waals surface area contributed by atoms with E-state index in [4.69, 9.17) is 13.3 Å². The zero-order chi connectivity index (χ0) is 93.2. The van der Waals surface area contributed by atoms with E-state index < -0.39 is 0 Å². The second-order valence-corrected chi connectivity index (χ2v) is 35.9. The Morgan fingerprint density at radius 3 is 0.872 bits per heavy atom. The standard InChI is InChI=1S/C132H88N6O3/c1-7-30-100(31-8-1)133(101-32-9-2-10-33-101)106-69-54-89(55-70-106)91-58-73-108(74-59-91)135(112-42-23-28-95(84-112)99-68-83-129-122(88-99)119-49-27-51-125(132(119)141-129)136(104-38-15-5-16-39-104)110-77-62-93(63-78-110)97-66-81-124-120(86-97)115-44-19-21-50-123(115)138(124)105-40-17-6-18-41-105)109-79-64-94(65-80-109)114-46-25-47-118-121-87-98(67-82-128(121)139-130(114)118)96-29-24-43-113(85-96)137(126-52-26-48-117-116-45-20-22-53-127(116)140-131(117)126)111-75-60-92(61-76-111)90-56-71-107(72-57-90)134(102-34-11-3-12-35-102)103-36-13-4-14-37-103/h1-88H. The molecule has 26 rings (SSSR count). The normalized spacial score (nSPS) is 11.5. The highest BCUT2D eigenvalue weighted by atomic mass is 16.3. The number of nitrogens with zero attached hydrogens (tertiary/aromatic N) is 6. The largest absolute Gasteiger partial charge is 0.455 e. The molecule has 0 amide bonds. The van der Waals surface area contributed by atoms with Crippen molar-refractivity contribution >= 4 is 173 Å². The SMILES string of the molecule is c1ccc(N(c2ccccc2)c2ccc(-c3ccc(N(c4ccc(-c5cccc6c5oc5ccc(-c7cccc(N(c8ccc(-c9ccc(N(c%10ccccc%10)c%10ccccc%10)cc9)cc8)c8cccc9c8oc8ccccc89)c7)cc56)cc4)c4cccc(-c5ccc6oc7c(N(c8ccccc8)c8ccc(-c9ccc%10c(c9)c9ccccc9n%10-c9ccccc9)cc8)cccc7c6c5)c4)cc3)cc2)cc1. The van der Waals surface area contributed by atoms with Crippen molar-refractivity contribution in [3.63, 3.8) is 0 Å². The average Bonchev–Trinajstić information content (AvgIpc) is 1.60. The van der Waals surface area contributed by atoms with E-state index in [1.807, 2.05) is 6.07 Å². The Bertz CT molecular complexity index is 9050. The molecule has 0 atom stereocenters. The van der Waals surface area contributed by atoms with E-state index in [0.717, 1.165) is 224 Å². The first-order valence-electron chi connectivity index (χ1n) is 47.9. The van der Waals surface area contributed by atoms with E-state index in [1.165, 1.54) is 21.8 Å². The molecule has 4 aromatic heterocycles. The molecule has 26 aromatic rings. The maximum Gasteiger partial charge on any atom is 0.159 e. The van der Waals surface area contributed by atoms with E-state index in [2.05, 4.69) is 557 Å². The lowest BCUT2D eigenvalue weighted by Gasteiger charge is -2.27. The smallest absolute Gasteiger partial charge is 0.159 e. The predicted molar refractivity (Wildman–Crippen MR) is 589 cm³/mol. The summed E-state index contributed by atoms with van der Waals surface area (Å²) in [5, 5.41) is 8.70. The summed E-state index contributed by atoms with van der Waals surface area (Å²) in [4.78, 5) is 11.6. The molecule has 0 aliphatic carbocycles. The van der Waals surface area contributed by atoms with Gasteiger partial charge in [-0.2, -0.15) is 0 Å². The van der Waals surface area contributed by atoms with Gasteiger partial charge in [-0.05, 0) is 292 Å². The van der Waals surface area contributed by atoms with Gasteiger partial charge in [0.05, 0.1) is 22.4 Å². The molecule has 22 aromatic carbocycles. The van der Waals surface area contributed by atoms with Crippen LogP contribution in [0.25, 0.3) is 160 Å². The number of benzene rings is 22. The van der Waals surface area contributed by atoms with Crippen LogP contribution in [0, 0.1) is 0 Å². The van der Waals surface area contributed by atoms with E-state index in [-0.39, 0.29) is 0 Å². The highest BCUT2D eigenvalue weighted by Crippen LogP contribution is 2.50. The molecule has 0 saturated heterocycles. The van der Waals surface area contributed by atoms with Crippen molar-refractivity contribution in [2.45, 2.75) is 0 Å². The summed E-state index contributed by atoms with van der Waals surface area (Å²) >= 11 is 0. The van der Waals surface area contributed by atoms with Gasteiger partial charge in [0.15, 0.2) is 11.2 Å². The van der Waals surface area contributed by atoms with Crippen LogP contribution in [-0.4, -0.2) is 4.57 Å². The first-order valence-corrected chi connectivity index (χ1v) is 47.9. The zero-order valence-corrected chi connectivity index (χ0v) is 76.7. The monoisotopic (exact) mass is 1800 g/mol. The van der Waals surface area contributed by atoms with Gasteiger partial charge in [0, 0.05) is 128 Å². The molecule has 0 aliphatic rings. The number of rotatable bonds is 22. The Balaban J connectivity index is 0.525. The van der Waals surface area contributed by atoms with Crippen LogP contribution in [0.1, 0.15) is 0 Å². The average molecular weight is 1810 g/mol. The van der Waals surface area contributed by atoms with E-state index in [1.54, 1.807) is 0 Å². The molecular formula is C132H88N6O3. The van der Waals surface area contributed by atoms with Crippen molar-refractivity contribution in [1.82, 2.24) is 4.57 Å². The molecule has 0 N–H and O–H groups in total. The second-order valence-electron chi connectivity index (χ2n) is 35.9. The van der Waals surface area contributed by atoms with E-state index in [9.17, 15) is 0 Å². The number of hydrogen-bond donors (Lipinski definition) is 0. The van der Waals surface area contributed by atoms with Crippen molar-refractivity contribution in [3.05, 3.63) is 534 Å². The summed E-state index contributed by atoms with van der Waals surface area (Å²) in [6.45, 7) is 0. The summed E-state index contributed by atoms with van der Waals surface area (Å²) in [5.74, 6) is 0. The highest BCUT2D eigenvalue weighted by Gasteiger charge is 2.27. The van der Waals surface area contributed by atoms with E-state index >= 15 is 0 Å². The Kier molecular flexibility index (Phi) is 20.7. The minimum Gasteiger partial charge on any atom is -0.455 e. The van der Waals surface area contributed by atoms with Crippen molar-refractivity contribution in [2.24, 2.45) is 0 Å². The summed E-state index contributed by atoms with van der Waals surface area (Å²) in [6.07, 6.45) is 0. The molecule has 0 saturated carbocycles. The van der Waals surface area contributed by atoms with Gasteiger partial charge in [0.25, 0.3) is 0 Å². The molecule has 0 spiro atoms. The van der Waals surface area contributed by atoms with Gasteiger partial charge in [-0.3, -0.25) is 0 Å². The zero-order valence-electron chi connectivity index (χ0n) is 76.7. The number of para-hydroxylation sites is 11. The van der Waals surface area contributed by atoms with Crippen LogP contribution in [0.5, 0.6) is 0 Å². The van der Waals surface area contributed by atoms with Crippen LogP contribution in [0.3, 0.4) is 0 Å². The van der Waals surface area contributed by atoms with Crippen molar-refractivity contribution in [2.75, 3.05) is 24.5 Å². The van der Waals surface area contributed by atoms with Gasteiger partial charge in [0.2, 0.25) is 0 Å². The Morgan fingerprint density at radius 1 is 0.142 bits per heavy atom. The minimum atomic E-state index is 0.803. The third kappa shape index (κ3) is 15.2.